The lowest BCUT2D eigenvalue weighted by Gasteiger charge is -2.39. The van der Waals surface area contributed by atoms with Crippen LogP contribution in [0.3, 0.4) is 0 Å². The van der Waals surface area contributed by atoms with Crippen LogP contribution in [-0.4, -0.2) is 199 Å². The van der Waals surface area contributed by atoms with E-state index in [2.05, 4.69) is 67.5 Å². The van der Waals surface area contributed by atoms with Crippen molar-refractivity contribution in [2.45, 2.75) is 155 Å². The summed E-state index contributed by atoms with van der Waals surface area (Å²) in [6.45, 7) is 17.6. The SMILES string of the molecule is CCC[C@H](NC(=O)c1ccc(NCc2cnc3nc(N)[nH]c(=O)c3n2)cc1)C(=O)O.CNC(=O)[C@H](CCCN=C(N)N)NC(C)(C)C(C)=O.CO[C@@]12[C@H](COC(C)=O)C3=C(C(=O)C(C)=C(NC(C)(C)CCSSC[C@H](C)C(=O)N[C@@H](C)C(=O)NCC(=O)O)C3=O)N1C[C@@H]1N[C@@H]12. The average Bonchev–Trinajstić information content (AvgIpc) is 1.50. The molecule has 0 saturated carbocycles. The second-order valence-corrected chi connectivity index (χ2v) is 26.8. The molecule has 7 rings (SSSR count). The Hall–Kier alpha value is -8.73. The molecule has 0 spiro atoms. The van der Waals surface area contributed by atoms with Crippen LogP contribution in [-0.2, 0) is 59.2 Å². The first-order chi connectivity index (χ1) is 44.6. The first kappa shape index (κ1) is 77.0. The van der Waals surface area contributed by atoms with E-state index < -0.39 is 88.6 Å². The molecule has 0 bridgehead atoms. The minimum atomic E-state index is -1.17. The molecule has 5 heterocycles. The monoisotopic (exact) mass is 1360 g/mol. The van der Waals surface area contributed by atoms with Crippen LogP contribution in [0.4, 0.5) is 11.6 Å². The number of carboxylic acids is 2. The molecule has 0 radical (unpaired) electrons. The zero-order valence-corrected chi connectivity index (χ0v) is 57.0. The summed E-state index contributed by atoms with van der Waals surface area (Å²) in [6, 6.07) is 4.37. The maximum Gasteiger partial charge on any atom is 0.326 e. The van der Waals surface area contributed by atoms with Gasteiger partial charge in [0.1, 0.15) is 31.0 Å². The van der Waals surface area contributed by atoms with Gasteiger partial charge in [-0.15, -0.1) is 0 Å². The van der Waals surface area contributed by atoms with Gasteiger partial charge in [-0.2, -0.15) is 4.98 Å². The fraction of sp³-hybridized carbons (Fsp3) is 0.557. The number of nitrogen functional groups attached to an aromatic ring is 1. The van der Waals surface area contributed by atoms with Crippen LogP contribution < -0.4 is 65.3 Å². The van der Waals surface area contributed by atoms with Crippen LogP contribution in [0.2, 0.25) is 0 Å². The Kier molecular flexibility index (Phi) is 27.6. The summed E-state index contributed by atoms with van der Waals surface area (Å²) in [5.74, 6) is -4.62. The minimum Gasteiger partial charge on any atom is -0.480 e. The van der Waals surface area contributed by atoms with Crippen molar-refractivity contribution in [2.75, 3.05) is 63.0 Å². The summed E-state index contributed by atoms with van der Waals surface area (Å²) in [5, 5.41) is 40.6. The molecule has 3 aromatic rings. The van der Waals surface area contributed by atoms with Crippen molar-refractivity contribution >= 4 is 109 Å². The molecule has 1 aromatic carbocycles. The van der Waals surface area contributed by atoms with E-state index in [1.54, 1.807) is 76.9 Å². The van der Waals surface area contributed by atoms with Gasteiger partial charge in [0, 0.05) is 85.6 Å². The first-order valence-electron chi connectivity index (χ1n) is 30.7. The molecular formula is C61H89N17O15S2. The van der Waals surface area contributed by atoms with Gasteiger partial charge in [0.05, 0.1) is 53.4 Å². The first-order valence-corrected chi connectivity index (χ1v) is 33.2. The number of carbonyl (C=O) groups is 10. The lowest BCUT2D eigenvalue weighted by molar-refractivity contribution is -0.156. The average molecular weight is 1360 g/mol. The number of fused-ring (bicyclic) bond motifs is 5. The number of amides is 4. The molecule has 8 atom stereocenters. The third-order valence-corrected chi connectivity index (χ3v) is 18.6. The molecule has 95 heavy (non-hydrogen) atoms. The number of hydrogen-bond acceptors (Lipinski definition) is 25. The van der Waals surface area contributed by atoms with Gasteiger partial charge in [-0.3, -0.25) is 63.2 Å². The van der Waals surface area contributed by atoms with Crippen LogP contribution >= 0.6 is 21.6 Å². The second kappa shape index (κ2) is 34.1. The topological polar surface area (TPSA) is 501 Å². The van der Waals surface area contributed by atoms with Gasteiger partial charge in [-0.25, -0.2) is 14.8 Å². The molecule has 4 aliphatic rings. The zero-order valence-electron chi connectivity index (χ0n) is 55.4. The summed E-state index contributed by atoms with van der Waals surface area (Å²) in [5.41, 5.74) is 16.2. The number of methoxy groups -OCH3 is 1. The summed E-state index contributed by atoms with van der Waals surface area (Å²) < 4.78 is 11.5. The van der Waals surface area contributed by atoms with E-state index in [4.69, 9.17) is 36.9 Å². The third kappa shape index (κ3) is 20.6. The quantitative estimate of drug-likeness (QED) is 0.00762. The number of aliphatic imine (C=N–C) groups is 1. The summed E-state index contributed by atoms with van der Waals surface area (Å²) >= 11 is 0. The van der Waals surface area contributed by atoms with E-state index in [9.17, 15) is 52.7 Å². The number of nitrogens with two attached hydrogens (primary N) is 3. The Bertz CT molecular complexity index is 3520. The molecule has 17 N–H and O–H groups in total. The number of Topliss-reactive ketones (excluding diaryl/α,β-unsaturated/α-hetero) is 3. The summed E-state index contributed by atoms with van der Waals surface area (Å²) in [7, 11) is 6.19. The van der Waals surface area contributed by atoms with Gasteiger partial charge < -0.3 is 79.0 Å². The Morgan fingerprint density at radius 3 is 2.21 bits per heavy atom. The Morgan fingerprint density at radius 2 is 1.61 bits per heavy atom. The predicted octanol–water partition coefficient (Wildman–Crippen LogP) is 0.341. The van der Waals surface area contributed by atoms with Crippen molar-refractivity contribution in [1.29, 1.82) is 0 Å². The van der Waals surface area contributed by atoms with Crippen molar-refractivity contribution < 1.29 is 67.6 Å². The molecule has 0 unspecified atom stereocenters. The fourth-order valence-corrected chi connectivity index (χ4v) is 13.1. The molecule has 2 aromatic heterocycles. The number of nitrogens with one attached hydrogen (secondary N) is 9. The standard InChI is InChI=1S/C30H43N5O9S2.C19H21N7O4.C12H25N5O2/c1-14(27(41)32-16(3)28(42)31-10-20(37)38)13-46-45-9-8-29(5,6)34-22-15(2)24(39)23-21(25(22)40)18(12-44-17(4)36)30(43-7)26-19(33-26)11-35(23)30;1-2-3-13(18(29)30)24-16(27)10-4-6-11(7-5-10)21-8-12-9-22-15-14(23-12)17(28)26-19(20)25-15;1-8(18)12(2,3)17-9(10(19)15-4)6-5-7-16-11(13)14/h14,16,18-19,26,33-34H,8-13H2,1-7H3,(H,31,42)(H,32,41)(H,37,38);4-7,9,13,21H,2-3,8H2,1H3,(H,24,27)(H,29,30)(H3,20,22,25,26,28);9,17H,5-7H2,1-4H3,(H,15,19)(H4,13,14,16)/t14-,16-,18+,19-,26-,30+;13-;9-/m000/s1. The number of H-pyrrole nitrogens is 1. The van der Waals surface area contributed by atoms with Crippen molar-refractivity contribution in [3.8, 4) is 0 Å². The number of nitrogens with zero attached hydrogens (tertiary/aromatic N) is 5. The highest BCUT2D eigenvalue weighted by molar-refractivity contribution is 8.76. The number of carbonyl (C=O) groups excluding carboxylic acids is 8. The van der Waals surface area contributed by atoms with Crippen molar-refractivity contribution in [3.05, 3.63) is 74.6 Å². The minimum absolute atomic E-state index is 0.0226. The fourth-order valence-electron chi connectivity index (χ4n) is 10.5. The summed E-state index contributed by atoms with van der Waals surface area (Å²) in [6.07, 6.45) is 4.33. The van der Waals surface area contributed by atoms with Crippen LogP contribution in [0.1, 0.15) is 117 Å². The highest BCUT2D eigenvalue weighted by Crippen LogP contribution is 2.56. The second-order valence-electron chi connectivity index (χ2n) is 24.2. The molecule has 32 nitrogen and oxygen atoms in total. The van der Waals surface area contributed by atoms with E-state index in [1.165, 1.54) is 37.8 Å². The molecule has 2 fully saturated rings. The van der Waals surface area contributed by atoms with Gasteiger partial charge >= 0.3 is 17.9 Å². The zero-order chi connectivity index (χ0) is 70.9. The van der Waals surface area contributed by atoms with Crippen molar-refractivity contribution in [2.24, 2.45) is 28.3 Å². The molecule has 520 valence electrons. The number of guanidine groups is 1. The van der Waals surface area contributed by atoms with Crippen molar-refractivity contribution in [1.82, 2.24) is 62.1 Å². The third-order valence-electron chi connectivity index (χ3n) is 16.0. The van der Waals surface area contributed by atoms with Crippen LogP contribution in [0.25, 0.3) is 11.2 Å². The van der Waals surface area contributed by atoms with Gasteiger partial charge in [-0.05, 0) is 98.4 Å². The van der Waals surface area contributed by atoms with E-state index in [0.29, 0.717) is 90.5 Å². The highest BCUT2D eigenvalue weighted by atomic mass is 33.1. The Balaban J connectivity index is 0.000000285. The van der Waals surface area contributed by atoms with E-state index in [1.807, 2.05) is 25.7 Å². The highest BCUT2D eigenvalue weighted by Gasteiger charge is 2.73. The number of likely N-dealkylation sites (N-methyl/N-ethyl adjacent to an activating group) is 1. The maximum absolute atomic E-state index is 14.1. The molecule has 34 heteroatoms. The number of anilines is 2. The van der Waals surface area contributed by atoms with Gasteiger partial charge in [0.2, 0.25) is 35.2 Å². The number of hydrogen-bond donors (Lipinski definition) is 14. The lowest BCUT2D eigenvalue weighted by Crippen LogP contribution is -2.55. The smallest absolute Gasteiger partial charge is 0.326 e. The number of piperazine rings is 1. The number of ketones is 3. The van der Waals surface area contributed by atoms with E-state index >= 15 is 0 Å². The number of esters is 1. The molecule has 2 saturated heterocycles. The number of aromatic amines is 1. The number of aromatic nitrogens is 4. The number of ether oxygens (including phenoxy) is 2. The number of rotatable bonds is 32. The maximum atomic E-state index is 14.1. The predicted molar refractivity (Wildman–Crippen MR) is 357 cm³/mol. The lowest BCUT2D eigenvalue weighted by atomic mass is 9.82. The summed E-state index contributed by atoms with van der Waals surface area (Å²) in [4.78, 5) is 154. The normalized spacial score (nSPS) is 18.9. The number of aliphatic carboxylic acids is 2. The number of benzene rings is 1. The van der Waals surface area contributed by atoms with Gasteiger partial charge in [-0.1, -0.05) is 41.9 Å². The largest absolute Gasteiger partial charge is 0.480 e. The van der Waals surface area contributed by atoms with Crippen LogP contribution in [0.5, 0.6) is 0 Å². The molecular weight excluding hydrogens is 1270 g/mol. The molecule has 1 aliphatic carbocycles. The Morgan fingerprint density at radius 1 is 0.926 bits per heavy atom. The van der Waals surface area contributed by atoms with E-state index in [0.717, 1.165) is 0 Å². The van der Waals surface area contributed by atoms with Crippen molar-refractivity contribution in [3.63, 3.8) is 0 Å². The number of carboxylic acid groups (broad SMARTS) is 2. The number of allylic oxidation sites excluding steroid dienone is 2. The van der Waals surface area contributed by atoms with Crippen LogP contribution in [0.15, 0.2) is 62.8 Å². The molecule has 4 amide bonds. The molecule has 3 aliphatic heterocycles. The van der Waals surface area contributed by atoms with Gasteiger partial charge in [0.25, 0.3) is 11.5 Å². The Labute approximate surface area is 557 Å². The van der Waals surface area contributed by atoms with Gasteiger partial charge in [0.15, 0.2) is 22.8 Å². The van der Waals surface area contributed by atoms with Crippen LogP contribution in [0, 0.1) is 11.8 Å². The van der Waals surface area contributed by atoms with E-state index in [-0.39, 0.29) is 83.2 Å².